The van der Waals surface area contributed by atoms with Crippen LogP contribution in [0.1, 0.15) is 23.1 Å². The van der Waals surface area contributed by atoms with Crippen molar-refractivity contribution < 1.29 is 9.73 Å². The minimum Gasteiger partial charge on any atom is -0.463 e. The maximum absolute atomic E-state index is 5.65. The molecule has 0 bridgehead atoms. The van der Waals surface area contributed by atoms with E-state index in [0.717, 1.165) is 23.0 Å². The Morgan fingerprint density at radius 3 is 2.71 bits per heavy atom. The van der Waals surface area contributed by atoms with Crippen molar-refractivity contribution in [1.82, 2.24) is 4.98 Å². The Hall–Kier alpha value is -2.21. The number of furan rings is 1. The van der Waals surface area contributed by atoms with Crippen LogP contribution in [0, 0.1) is 0 Å². The topological polar surface area (TPSA) is 42.6 Å². The van der Waals surface area contributed by atoms with Gasteiger partial charge in [-0.1, -0.05) is 30.3 Å². The van der Waals surface area contributed by atoms with Crippen LogP contribution in [0.2, 0.25) is 0 Å². The number of rotatable bonds is 6. The van der Waals surface area contributed by atoms with E-state index in [1.807, 2.05) is 18.2 Å². The molecule has 1 aromatic carbocycles. The number of quaternary nitrogens is 1. The lowest BCUT2D eigenvalue weighted by atomic mass is 10.0. The smallest absolute Gasteiger partial charge is 0.170 e. The molecule has 0 amide bonds. The van der Waals surface area contributed by atoms with Crippen molar-refractivity contribution in [3.05, 3.63) is 88.0 Å². The third-order valence-corrected chi connectivity index (χ3v) is 5.51. The first-order chi connectivity index (χ1) is 11.9. The maximum Gasteiger partial charge on any atom is 0.170 e. The normalized spacial score (nSPS) is 12.3. The quantitative estimate of drug-likeness (QED) is 0.561. The van der Waals surface area contributed by atoms with Gasteiger partial charge < -0.3 is 9.73 Å². The number of nitrogens with zero attached hydrogens (tertiary/aromatic N) is 1. The molecule has 4 rings (SSSR count). The molecule has 5 heteroatoms. The van der Waals surface area contributed by atoms with E-state index in [-0.39, 0.29) is 6.04 Å². The molecule has 0 unspecified atom stereocenters. The summed E-state index contributed by atoms with van der Waals surface area (Å²) in [5.74, 6) is 0.967. The molecule has 0 saturated carbocycles. The van der Waals surface area contributed by atoms with E-state index in [9.17, 15) is 0 Å². The van der Waals surface area contributed by atoms with E-state index in [4.69, 9.17) is 9.40 Å². The van der Waals surface area contributed by atoms with Crippen LogP contribution in [0.3, 0.4) is 0 Å². The molecule has 0 spiro atoms. The zero-order valence-electron chi connectivity index (χ0n) is 13.0. The average Bonchev–Trinajstić information content (AvgIpc) is 3.38. The molecule has 0 fully saturated rings. The summed E-state index contributed by atoms with van der Waals surface area (Å²) >= 11 is 3.41. The van der Waals surface area contributed by atoms with E-state index in [1.165, 1.54) is 11.1 Å². The fourth-order valence-corrected chi connectivity index (χ4v) is 4.25. The molecule has 3 nitrogen and oxygen atoms in total. The fourth-order valence-electron chi connectivity index (χ4n) is 2.70. The Bertz CT molecular complexity index is 867. The molecule has 2 N–H and O–H groups in total. The number of benzene rings is 1. The van der Waals surface area contributed by atoms with Crippen molar-refractivity contribution in [3.63, 3.8) is 0 Å². The molecule has 3 aromatic heterocycles. The van der Waals surface area contributed by atoms with Gasteiger partial charge in [0.25, 0.3) is 0 Å². The Kier molecular flexibility index (Phi) is 4.55. The molecule has 1 atom stereocenters. The zero-order valence-corrected chi connectivity index (χ0v) is 14.6. The Labute approximate surface area is 148 Å². The first kappa shape index (κ1) is 15.3. The predicted octanol–water partition coefficient (Wildman–Crippen LogP) is 4.32. The Morgan fingerprint density at radius 1 is 1.04 bits per heavy atom. The summed E-state index contributed by atoms with van der Waals surface area (Å²) in [6.45, 7) is 0.820. The number of hydrogen-bond acceptors (Lipinski definition) is 4. The van der Waals surface area contributed by atoms with Crippen LogP contribution < -0.4 is 5.32 Å². The largest absolute Gasteiger partial charge is 0.463 e. The summed E-state index contributed by atoms with van der Waals surface area (Å²) in [5.41, 5.74) is 3.55. The van der Waals surface area contributed by atoms with Crippen LogP contribution in [0.25, 0.3) is 10.6 Å². The SMILES string of the molecule is c1ccc([C@@H]([NH2+]Cc2csc(-c3ccsc3)n2)c2ccco2)cc1. The number of nitrogens with two attached hydrogens (primary N) is 1. The average molecular weight is 353 g/mol. The van der Waals surface area contributed by atoms with E-state index >= 15 is 0 Å². The molecular weight excluding hydrogens is 336 g/mol. The van der Waals surface area contributed by atoms with Crippen molar-refractivity contribution in [1.29, 1.82) is 0 Å². The predicted molar refractivity (Wildman–Crippen MR) is 98.0 cm³/mol. The summed E-state index contributed by atoms with van der Waals surface area (Å²) in [6, 6.07) is 16.7. The molecule has 0 aliphatic carbocycles. The second-order valence-electron chi connectivity index (χ2n) is 5.50. The van der Waals surface area contributed by atoms with Crippen LogP contribution in [0.15, 0.2) is 75.4 Å². The fraction of sp³-hybridized carbons (Fsp3) is 0.105. The zero-order chi connectivity index (χ0) is 16.2. The Balaban J connectivity index is 1.52. The number of thiazole rings is 1. The monoisotopic (exact) mass is 353 g/mol. The third kappa shape index (κ3) is 3.33. The van der Waals surface area contributed by atoms with Crippen LogP contribution in [-0.2, 0) is 6.54 Å². The molecule has 4 aromatic rings. The molecule has 0 aliphatic heterocycles. The lowest BCUT2D eigenvalue weighted by molar-refractivity contribution is -0.704. The van der Waals surface area contributed by atoms with Gasteiger partial charge in [-0.15, -0.1) is 11.3 Å². The van der Waals surface area contributed by atoms with E-state index in [2.05, 4.69) is 51.8 Å². The minimum atomic E-state index is 0.146. The van der Waals surface area contributed by atoms with Gasteiger partial charge in [0.1, 0.15) is 17.2 Å². The van der Waals surface area contributed by atoms with E-state index < -0.39 is 0 Å². The third-order valence-electron chi connectivity index (χ3n) is 3.89. The minimum absolute atomic E-state index is 0.146. The summed E-state index contributed by atoms with van der Waals surface area (Å²) in [5, 5.41) is 9.75. The molecule has 3 heterocycles. The van der Waals surface area contributed by atoms with Crippen molar-refractivity contribution in [2.45, 2.75) is 12.6 Å². The molecule has 120 valence electrons. The van der Waals surface area contributed by atoms with Crippen LogP contribution in [-0.4, -0.2) is 4.98 Å². The highest BCUT2D eigenvalue weighted by Gasteiger charge is 2.20. The highest BCUT2D eigenvalue weighted by molar-refractivity contribution is 7.14. The first-order valence-electron chi connectivity index (χ1n) is 7.79. The highest BCUT2D eigenvalue weighted by atomic mass is 32.1. The van der Waals surface area contributed by atoms with Gasteiger partial charge in [0.05, 0.1) is 6.26 Å². The Morgan fingerprint density at radius 2 is 1.96 bits per heavy atom. The lowest BCUT2D eigenvalue weighted by Crippen LogP contribution is -2.83. The lowest BCUT2D eigenvalue weighted by Gasteiger charge is -2.13. The van der Waals surface area contributed by atoms with Crippen LogP contribution >= 0.6 is 22.7 Å². The number of aromatic nitrogens is 1. The van der Waals surface area contributed by atoms with Gasteiger partial charge in [0, 0.05) is 21.9 Å². The van der Waals surface area contributed by atoms with Gasteiger partial charge in [-0.05, 0) is 23.6 Å². The molecular formula is C19H17N2OS2+. The van der Waals surface area contributed by atoms with Crippen molar-refractivity contribution in [2.75, 3.05) is 0 Å². The summed E-state index contributed by atoms with van der Waals surface area (Å²) in [4.78, 5) is 4.76. The summed E-state index contributed by atoms with van der Waals surface area (Å²) in [6.07, 6.45) is 1.73. The van der Waals surface area contributed by atoms with Crippen LogP contribution in [0.5, 0.6) is 0 Å². The molecule has 0 aliphatic rings. The van der Waals surface area contributed by atoms with Crippen molar-refractivity contribution >= 4 is 22.7 Å². The summed E-state index contributed by atoms with van der Waals surface area (Å²) in [7, 11) is 0. The molecule has 24 heavy (non-hydrogen) atoms. The van der Waals surface area contributed by atoms with Crippen molar-refractivity contribution in [3.8, 4) is 10.6 Å². The van der Waals surface area contributed by atoms with Gasteiger partial charge >= 0.3 is 0 Å². The number of hydrogen-bond donors (Lipinski definition) is 1. The van der Waals surface area contributed by atoms with Gasteiger partial charge in [0.2, 0.25) is 0 Å². The standard InChI is InChI=1S/C19H16N2OS2/c1-2-5-14(6-3-1)18(17-7-4-9-22-17)20-11-16-13-24-19(21-16)15-8-10-23-12-15/h1-10,12-13,18,20H,11H2/p+1/t18-/m1/s1. The number of thiophene rings is 1. The van der Waals surface area contributed by atoms with Crippen LogP contribution in [0.4, 0.5) is 0 Å². The van der Waals surface area contributed by atoms with E-state index in [1.54, 1.807) is 28.9 Å². The van der Waals surface area contributed by atoms with Crippen molar-refractivity contribution in [2.24, 2.45) is 0 Å². The molecule has 0 radical (unpaired) electrons. The van der Waals surface area contributed by atoms with E-state index in [0.29, 0.717) is 0 Å². The highest BCUT2D eigenvalue weighted by Crippen LogP contribution is 2.25. The van der Waals surface area contributed by atoms with Gasteiger partial charge in [-0.3, -0.25) is 0 Å². The van der Waals surface area contributed by atoms with Gasteiger partial charge in [-0.25, -0.2) is 4.98 Å². The second-order valence-corrected chi connectivity index (χ2v) is 7.14. The molecule has 0 saturated heterocycles. The second kappa shape index (κ2) is 7.13. The summed E-state index contributed by atoms with van der Waals surface area (Å²) < 4.78 is 5.65. The van der Waals surface area contributed by atoms with Gasteiger partial charge in [-0.2, -0.15) is 11.3 Å². The van der Waals surface area contributed by atoms with Gasteiger partial charge in [0.15, 0.2) is 11.8 Å². The first-order valence-corrected chi connectivity index (χ1v) is 9.61. The maximum atomic E-state index is 5.65.